The quantitative estimate of drug-likeness (QED) is 0.471. The van der Waals surface area contributed by atoms with Gasteiger partial charge in [-0.05, 0) is 46.9 Å². The summed E-state index contributed by atoms with van der Waals surface area (Å²) in [5.41, 5.74) is 0.980. The molecule has 1 spiro atoms. The summed E-state index contributed by atoms with van der Waals surface area (Å²) >= 11 is 0. The average molecular weight is 372 g/mol. The highest BCUT2D eigenvalue weighted by molar-refractivity contribution is 6.08. The molecule has 2 bridgehead atoms. The van der Waals surface area contributed by atoms with Crippen LogP contribution in [0.1, 0.15) is 18.4 Å². The Labute approximate surface area is 162 Å². The molecule has 0 radical (unpaired) electrons. The number of carbonyl (C=O) groups is 2. The smallest absolute Gasteiger partial charge is 0.254 e. The van der Waals surface area contributed by atoms with Crippen LogP contribution in [-0.2, 0) is 9.59 Å². The Morgan fingerprint density at radius 1 is 1.04 bits per heavy atom. The molecule has 2 aromatic rings. The molecule has 28 heavy (non-hydrogen) atoms. The normalized spacial score (nSPS) is 31.5. The molecule has 1 aliphatic heterocycles. The SMILES string of the molecule is COc1ccc2ccccc2c1/C=N\N1C(=O)[C@@H]2[C@@H](C1=O)[C@H]1C=C[C@H]2C12CC2. The van der Waals surface area contributed by atoms with Crippen molar-refractivity contribution in [2.45, 2.75) is 12.8 Å². The molecule has 2 saturated carbocycles. The number of hydrazone groups is 1. The molecule has 2 aromatic carbocycles. The van der Waals surface area contributed by atoms with Gasteiger partial charge in [0, 0.05) is 5.56 Å². The molecule has 4 atom stereocenters. The summed E-state index contributed by atoms with van der Waals surface area (Å²) in [5, 5.41) is 7.50. The standard InChI is InChI=1S/C23H20N2O3/c1-28-18-9-6-13-4-2-3-5-14(13)15(18)12-24-25-21(26)19-16-7-8-17(20(19)22(25)27)23(16)10-11-23/h2-9,12,16-17,19-20H,10-11H2,1H3/b24-12-/t16-,17-,19+,20+/m1/s1. The molecule has 0 N–H and O–H groups in total. The van der Waals surface area contributed by atoms with Crippen LogP contribution in [0.2, 0.25) is 0 Å². The fourth-order valence-corrected chi connectivity index (χ4v) is 5.88. The van der Waals surface area contributed by atoms with Gasteiger partial charge in [-0.25, -0.2) is 0 Å². The minimum absolute atomic E-state index is 0.145. The third-order valence-corrected chi connectivity index (χ3v) is 7.28. The van der Waals surface area contributed by atoms with Crippen LogP contribution < -0.4 is 4.74 Å². The van der Waals surface area contributed by atoms with Crippen LogP contribution >= 0.6 is 0 Å². The van der Waals surface area contributed by atoms with E-state index in [0.717, 1.165) is 34.2 Å². The van der Waals surface area contributed by atoms with E-state index in [9.17, 15) is 9.59 Å². The molecule has 0 aromatic heterocycles. The molecule has 140 valence electrons. The summed E-state index contributed by atoms with van der Waals surface area (Å²) < 4.78 is 5.49. The van der Waals surface area contributed by atoms with E-state index in [4.69, 9.17) is 4.74 Å². The minimum Gasteiger partial charge on any atom is -0.496 e. The average Bonchev–Trinajstić information content (AvgIpc) is 3.32. The van der Waals surface area contributed by atoms with Crippen LogP contribution in [-0.4, -0.2) is 30.1 Å². The van der Waals surface area contributed by atoms with E-state index in [-0.39, 0.29) is 40.9 Å². The number of fused-ring (bicyclic) bond motifs is 4. The highest BCUT2D eigenvalue weighted by Gasteiger charge is 2.73. The van der Waals surface area contributed by atoms with Gasteiger partial charge in [-0.1, -0.05) is 42.5 Å². The van der Waals surface area contributed by atoms with Crippen LogP contribution in [0.25, 0.3) is 10.8 Å². The van der Waals surface area contributed by atoms with E-state index >= 15 is 0 Å². The van der Waals surface area contributed by atoms with Crippen LogP contribution in [0, 0.1) is 29.1 Å². The number of hydrogen-bond donors (Lipinski definition) is 0. The Kier molecular flexibility index (Phi) is 3.04. The number of rotatable bonds is 3. The molecule has 2 amide bonds. The van der Waals surface area contributed by atoms with E-state index in [1.54, 1.807) is 13.3 Å². The molecule has 0 unspecified atom stereocenters. The maximum atomic E-state index is 13.1. The van der Waals surface area contributed by atoms with Gasteiger partial charge in [0.1, 0.15) is 5.75 Å². The number of benzene rings is 2. The Hall–Kier alpha value is -2.95. The van der Waals surface area contributed by atoms with E-state index < -0.39 is 0 Å². The van der Waals surface area contributed by atoms with Crippen molar-refractivity contribution in [3.8, 4) is 5.75 Å². The summed E-state index contributed by atoms with van der Waals surface area (Å²) in [7, 11) is 1.61. The van der Waals surface area contributed by atoms with Crippen molar-refractivity contribution in [2.24, 2.45) is 34.2 Å². The Balaban J connectivity index is 1.37. The number of imide groups is 1. The van der Waals surface area contributed by atoms with Gasteiger partial charge < -0.3 is 4.74 Å². The van der Waals surface area contributed by atoms with Gasteiger partial charge in [-0.2, -0.15) is 10.1 Å². The third-order valence-electron chi connectivity index (χ3n) is 7.28. The molecule has 3 fully saturated rings. The van der Waals surface area contributed by atoms with Crippen molar-refractivity contribution in [3.63, 3.8) is 0 Å². The van der Waals surface area contributed by atoms with Crippen molar-refractivity contribution in [1.29, 1.82) is 0 Å². The van der Waals surface area contributed by atoms with E-state index in [0.29, 0.717) is 5.75 Å². The second-order valence-electron chi connectivity index (χ2n) is 8.36. The second-order valence-corrected chi connectivity index (χ2v) is 8.36. The largest absolute Gasteiger partial charge is 0.496 e. The summed E-state index contributed by atoms with van der Waals surface area (Å²) in [4.78, 5) is 26.1. The van der Waals surface area contributed by atoms with E-state index in [1.807, 2.05) is 36.4 Å². The number of carbonyl (C=O) groups excluding carboxylic acids is 2. The van der Waals surface area contributed by atoms with Crippen LogP contribution in [0.4, 0.5) is 0 Å². The Bertz CT molecular complexity index is 1060. The van der Waals surface area contributed by atoms with Crippen LogP contribution in [0.15, 0.2) is 53.7 Å². The highest BCUT2D eigenvalue weighted by Crippen LogP contribution is 2.73. The topological polar surface area (TPSA) is 59.0 Å². The maximum Gasteiger partial charge on any atom is 0.254 e. The second kappa shape index (κ2) is 5.31. The zero-order chi connectivity index (χ0) is 19.0. The number of nitrogens with zero attached hydrogens (tertiary/aromatic N) is 2. The van der Waals surface area contributed by atoms with Gasteiger partial charge in [-0.3, -0.25) is 9.59 Å². The lowest BCUT2D eigenvalue weighted by molar-refractivity contribution is -0.141. The maximum absolute atomic E-state index is 13.1. The first-order valence-electron chi connectivity index (χ1n) is 9.81. The number of allylic oxidation sites excluding steroid dienone is 2. The third kappa shape index (κ3) is 1.84. The number of amides is 2. The first-order chi connectivity index (χ1) is 13.7. The summed E-state index contributed by atoms with van der Waals surface area (Å²) in [6.45, 7) is 0. The lowest BCUT2D eigenvalue weighted by Crippen LogP contribution is -2.30. The molecule has 5 heteroatoms. The number of hydrogen-bond acceptors (Lipinski definition) is 4. The first kappa shape index (κ1) is 16.0. The number of ether oxygens (including phenoxy) is 1. The Morgan fingerprint density at radius 2 is 1.71 bits per heavy atom. The highest BCUT2D eigenvalue weighted by atomic mass is 16.5. The molecular formula is C23H20N2O3. The fraction of sp³-hybridized carbons (Fsp3) is 0.348. The predicted octanol–water partition coefficient (Wildman–Crippen LogP) is 3.38. The lowest BCUT2D eigenvalue weighted by atomic mass is 9.85. The summed E-state index contributed by atoms with van der Waals surface area (Å²) in [6, 6.07) is 11.8. The van der Waals surface area contributed by atoms with Gasteiger partial charge in [0.2, 0.25) is 0 Å². The van der Waals surface area contributed by atoms with Crippen LogP contribution in [0.5, 0.6) is 5.75 Å². The van der Waals surface area contributed by atoms with Gasteiger partial charge >= 0.3 is 0 Å². The zero-order valence-corrected chi connectivity index (χ0v) is 15.5. The van der Waals surface area contributed by atoms with Gasteiger partial charge in [-0.15, -0.1) is 0 Å². The first-order valence-corrected chi connectivity index (χ1v) is 9.81. The van der Waals surface area contributed by atoms with E-state index in [2.05, 4.69) is 17.3 Å². The van der Waals surface area contributed by atoms with Gasteiger partial charge in [0.25, 0.3) is 11.8 Å². The van der Waals surface area contributed by atoms with Crippen molar-refractivity contribution < 1.29 is 14.3 Å². The van der Waals surface area contributed by atoms with Crippen molar-refractivity contribution >= 4 is 28.8 Å². The van der Waals surface area contributed by atoms with Crippen molar-refractivity contribution in [2.75, 3.05) is 7.11 Å². The lowest BCUT2D eigenvalue weighted by Gasteiger charge is -2.18. The molecule has 1 heterocycles. The fourth-order valence-electron chi connectivity index (χ4n) is 5.88. The number of methoxy groups -OCH3 is 1. The minimum atomic E-state index is -0.225. The molecule has 5 nitrogen and oxygen atoms in total. The Morgan fingerprint density at radius 3 is 2.36 bits per heavy atom. The molecule has 1 saturated heterocycles. The van der Waals surface area contributed by atoms with Crippen LogP contribution in [0.3, 0.4) is 0 Å². The molecule has 4 aliphatic rings. The predicted molar refractivity (Wildman–Crippen MR) is 105 cm³/mol. The van der Waals surface area contributed by atoms with Crippen molar-refractivity contribution in [3.05, 3.63) is 54.1 Å². The van der Waals surface area contributed by atoms with Gasteiger partial charge in [0.15, 0.2) is 0 Å². The summed E-state index contributed by atoms with van der Waals surface area (Å²) in [5.74, 6) is 0.355. The molecule has 3 aliphatic carbocycles. The van der Waals surface area contributed by atoms with E-state index in [1.165, 1.54) is 0 Å². The van der Waals surface area contributed by atoms with Gasteiger partial charge in [0.05, 0.1) is 25.2 Å². The zero-order valence-electron chi connectivity index (χ0n) is 15.5. The molecule has 6 rings (SSSR count). The molecular weight excluding hydrogens is 352 g/mol. The summed E-state index contributed by atoms with van der Waals surface area (Å²) in [6.07, 6.45) is 8.22. The monoisotopic (exact) mass is 372 g/mol. The van der Waals surface area contributed by atoms with Crippen molar-refractivity contribution in [1.82, 2.24) is 5.01 Å².